The summed E-state index contributed by atoms with van der Waals surface area (Å²) < 4.78 is 5.15. The summed E-state index contributed by atoms with van der Waals surface area (Å²) in [5, 5.41) is 0. The third kappa shape index (κ3) is 3.02. The third-order valence-electron chi connectivity index (χ3n) is 3.19. The average molecular weight is 271 g/mol. The van der Waals surface area contributed by atoms with Gasteiger partial charge in [-0.05, 0) is 18.1 Å². The molecule has 1 unspecified atom stereocenters. The number of fused-ring (bicyclic) bond motifs is 1. The fourth-order valence-corrected chi connectivity index (χ4v) is 2.17. The Kier molecular flexibility index (Phi) is 5.59. The lowest BCUT2D eigenvalue weighted by Crippen LogP contribution is -2.35. The maximum atomic E-state index is 12.1. The van der Waals surface area contributed by atoms with Crippen molar-refractivity contribution < 1.29 is 9.53 Å². The van der Waals surface area contributed by atoms with Crippen molar-refractivity contribution in [2.24, 2.45) is 5.73 Å². The van der Waals surface area contributed by atoms with E-state index in [4.69, 9.17) is 10.5 Å². The van der Waals surface area contributed by atoms with Crippen LogP contribution in [0, 0.1) is 0 Å². The van der Waals surface area contributed by atoms with Crippen LogP contribution in [0.2, 0.25) is 0 Å². The minimum Gasteiger partial charge on any atom is -0.380 e. The molecule has 0 bridgehead atoms. The van der Waals surface area contributed by atoms with E-state index in [-0.39, 0.29) is 24.4 Å². The molecule has 1 heterocycles. The lowest BCUT2D eigenvalue weighted by atomic mass is 10.2. The molecule has 1 atom stereocenters. The normalized spacial score (nSPS) is 14.9. The SMILES string of the molecule is COC(CN)CC(=O)N1CCc2ccccc21.Cl. The van der Waals surface area contributed by atoms with E-state index in [1.807, 2.05) is 23.1 Å². The molecule has 1 aliphatic heterocycles. The Balaban J connectivity index is 0.00000162. The smallest absolute Gasteiger partial charge is 0.229 e. The van der Waals surface area contributed by atoms with Gasteiger partial charge in [-0.15, -0.1) is 12.4 Å². The lowest BCUT2D eigenvalue weighted by molar-refractivity contribution is -0.120. The first-order valence-electron chi connectivity index (χ1n) is 5.87. The van der Waals surface area contributed by atoms with Crippen molar-refractivity contribution in [2.45, 2.75) is 18.9 Å². The van der Waals surface area contributed by atoms with Crippen molar-refractivity contribution in [1.29, 1.82) is 0 Å². The summed E-state index contributed by atoms with van der Waals surface area (Å²) in [7, 11) is 1.59. The predicted octanol–water partition coefficient (Wildman–Crippen LogP) is 1.36. The van der Waals surface area contributed by atoms with Gasteiger partial charge in [-0.3, -0.25) is 4.79 Å². The first-order valence-corrected chi connectivity index (χ1v) is 5.87. The highest BCUT2D eigenvalue weighted by atomic mass is 35.5. The minimum atomic E-state index is -0.185. The summed E-state index contributed by atoms with van der Waals surface area (Å²) in [5.74, 6) is 0.0900. The molecule has 0 aromatic heterocycles. The van der Waals surface area contributed by atoms with Crippen LogP contribution >= 0.6 is 12.4 Å². The first-order chi connectivity index (χ1) is 8.26. The number of halogens is 1. The van der Waals surface area contributed by atoms with E-state index in [2.05, 4.69) is 6.07 Å². The van der Waals surface area contributed by atoms with Crippen LogP contribution in [0.1, 0.15) is 12.0 Å². The Bertz CT molecular complexity index is 408. The summed E-state index contributed by atoms with van der Waals surface area (Å²) in [6.07, 6.45) is 1.10. The van der Waals surface area contributed by atoms with Crippen molar-refractivity contribution in [3.8, 4) is 0 Å². The number of anilines is 1. The Hall–Kier alpha value is -1.10. The summed E-state index contributed by atoms with van der Waals surface area (Å²) in [4.78, 5) is 14.0. The van der Waals surface area contributed by atoms with E-state index < -0.39 is 0 Å². The van der Waals surface area contributed by atoms with Gasteiger partial charge >= 0.3 is 0 Å². The van der Waals surface area contributed by atoms with Crippen LogP contribution < -0.4 is 10.6 Å². The van der Waals surface area contributed by atoms with Crippen LogP contribution in [-0.2, 0) is 16.0 Å². The van der Waals surface area contributed by atoms with Gasteiger partial charge in [-0.25, -0.2) is 0 Å². The molecule has 0 radical (unpaired) electrons. The lowest BCUT2D eigenvalue weighted by Gasteiger charge is -2.20. The molecule has 18 heavy (non-hydrogen) atoms. The number of ether oxygens (including phenoxy) is 1. The predicted molar refractivity (Wildman–Crippen MR) is 74.2 cm³/mol. The quantitative estimate of drug-likeness (QED) is 0.899. The summed E-state index contributed by atoms with van der Waals surface area (Å²) >= 11 is 0. The molecule has 0 saturated carbocycles. The Morgan fingerprint density at radius 1 is 1.50 bits per heavy atom. The molecule has 1 aromatic rings. The Labute approximate surface area is 114 Å². The third-order valence-corrected chi connectivity index (χ3v) is 3.19. The van der Waals surface area contributed by atoms with E-state index in [0.29, 0.717) is 13.0 Å². The largest absolute Gasteiger partial charge is 0.380 e. The van der Waals surface area contributed by atoms with Crippen LogP contribution in [0.15, 0.2) is 24.3 Å². The standard InChI is InChI=1S/C13H18N2O2.ClH/c1-17-11(9-14)8-13(16)15-7-6-10-4-2-3-5-12(10)15;/h2-5,11H,6-9,14H2,1H3;1H. The zero-order valence-electron chi connectivity index (χ0n) is 10.5. The van der Waals surface area contributed by atoms with Crippen molar-refractivity contribution in [2.75, 3.05) is 25.1 Å². The number of nitrogens with two attached hydrogens (primary N) is 1. The van der Waals surface area contributed by atoms with Gasteiger partial charge in [-0.1, -0.05) is 18.2 Å². The average Bonchev–Trinajstić information content (AvgIpc) is 2.79. The monoisotopic (exact) mass is 270 g/mol. The highest BCUT2D eigenvalue weighted by Gasteiger charge is 2.25. The molecule has 0 aliphatic carbocycles. The van der Waals surface area contributed by atoms with Crippen molar-refractivity contribution >= 4 is 24.0 Å². The molecular formula is C13H19ClN2O2. The number of nitrogens with zero attached hydrogens (tertiary/aromatic N) is 1. The van der Waals surface area contributed by atoms with Crippen LogP contribution in [0.4, 0.5) is 5.69 Å². The first kappa shape index (κ1) is 15.0. The number of para-hydroxylation sites is 1. The fraction of sp³-hybridized carbons (Fsp3) is 0.462. The Morgan fingerprint density at radius 2 is 2.22 bits per heavy atom. The topological polar surface area (TPSA) is 55.6 Å². The molecule has 4 nitrogen and oxygen atoms in total. The van der Waals surface area contributed by atoms with Crippen molar-refractivity contribution in [3.63, 3.8) is 0 Å². The number of benzene rings is 1. The molecule has 1 aliphatic rings. The number of hydrogen-bond donors (Lipinski definition) is 1. The van der Waals surface area contributed by atoms with Gasteiger partial charge in [0.25, 0.3) is 0 Å². The fourth-order valence-electron chi connectivity index (χ4n) is 2.17. The van der Waals surface area contributed by atoms with E-state index in [1.165, 1.54) is 5.56 Å². The van der Waals surface area contributed by atoms with Crippen LogP contribution in [0.25, 0.3) is 0 Å². The second-order valence-electron chi connectivity index (χ2n) is 4.22. The van der Waals surface area contributed by atoms with Crippen LogP contribution in [0.3, 0.4) is 0 Å². The molecule has 100 valence electrons. The number of rotatable bonds is 4. The number of amides is 1. The number of carbonyl (C=O) groups excluding carboxylic acids is 1. The van der Waals surface area contributed by atoms with Gasteiger partial charge in [0.1, 0.15) is 0 Å². The van der Waals surface area contributed by atoms with Crippen LogP contribution in [-0.4, -0.2) is 32.2 Å². The zero-order valence-corrected chi connectivity index (χ0v) is 11.3. The zero-order chi connectivity index (χ0) is 12.3. The number of methoxy groups -OCH3 is 1. The molecule has 0 spiro atoms. The maximum absolute atomic E-state index is 12.1. The van der Waals surface area contributed by atoms with Crippen LogP contribution in [0.5, 0.6) is 0 Å². The molecular weight excluding hydrogens is 252 g/mol. The molecule has 2 N–H and O–H groups in total. The summed E-state index contributed by atoms with van der Waals surface area (Å²) in [6, 6.07) is 8.02. The molecule has 1 aromatic carbocycles. The summed E-state index contributed by atoms with van der Waals surface area (Å²) in [5.41, 5.74) is 7.80. The maximum Gasteiger partial charge on any atom is 0.229 e. The van der Waals surface area contributed by atoms with E-state index in [0.717, 1.165) is 18.7 Å². The molecule has 1 amide bonds. The highest BCUT2D eigenvalue weighted by molar-refractivity contribution is 5.95. The molecule has 0 saturated heterocycles. The number of carbonyl (C=O) groups is 1. The highest BCUT2D eigenvalue weighted by Crippen LogP contribution is 2.28. The van der Waals surface area contributed by atoms with Gasteiger partial charge in [0.15, 0.2) is 0 Å². The van der Waals surface area contributed by atoms with E-state index in [9.17, 15) is 4.79 Å². The molecule has 2 rings (SSSR count). The molecule has 0 fully saturated rings. The minimum absolute atomic E-state index is 0. The van der Waals surface area contributed by atoms with E-state index >= 15 is 0 Å². The van der Waals surface area contributed by atoms with Gasteiger partial charge in [0, 0.05) is 25.9 Å². The van der Waals surface area contributed by atoms with Crippen molar-refractivity contribution in [1.82, 2.24) is 0 Å². The van der Waals surface area contributed by atoms with Gasteiger partial charge in [0.05, 0.1) is 12.5 Å². The second kappa shape index (κ2) is 6.73. The van der Waals surface area contributed by atoms with E-state index in [1.54, 1.807) is 7.11 Å². The second-order valence-corrected chi connectivity index (χ2v) is 4.22. The van der Waals surface area contributed by atoms with Gasteiger partial charge in [-0.2, -0.15) is 0 Å². The van der Waals surface area contributed by atoms with Gasteiger partial charge in [0.2, 0.25) is 5.91 Å². The number of hydrogen-bond acceptors (Lipinski definition) is 3. The Morgan fingerprint density at radius 3 is 2.89 bits per heavy atom. The van der Waals surface area contributed by atoms with Crippen molar-refractivity contribution in [3.05, 3.63) is 29.8 Å². The molecule has 5 heteroatoms. The summed E-state index contributed by atoms with van der Waals surface area (Å²) in [6.45, 7) is 1.14. The van der Waals surface area contributed by atoms with Gasteiger partial charge < -0.3 is 15.4 Å².